The van der Waals surface area contributed by atoms with Crippen LogP contribution in [0.5, 0.6) is 0 Å². The molecule has 0 spiro atoms. The number of rotatable bonds is 2. The van der Waals surface area contributed by atoms with Crippen molar-refractivity contribution in [2.75, 3.05) is 0 Å². The molecule has 0 saturated carbocycles. The average molecular weight is 321 g/mol. The van der Waals surface area contributed by atoms with Crippen molar-refractivity contribution in [1.82, 2.24) is 0 Å². The van der Waals surface area contributed by atoms with Crippen molar-refractivity contribution in [3.05, 3.63) is 69.8 Å². The Balaban J connectivity index is 2.13. The second-order valence-electron chi connectivity index (χ2n) is 6.71. The molecule has 0 atom stereocenters. The Morgan fingerprint density at radius 1 is 0.522 bits per heavy atom. The van der Waals surface area contributed by atoms with Crippen molar-refractivity contribution in [2.45, 2.75) is 41.5 Å². The number of benzene rings is 2. The third-order valence-corrected chi connectivity index (χ3v) is 5.57. The van der Waals surface area contributed by atoms with Crippen LogP contribution in [0.25, 0.3) is 20.9 Å². The quantitative estimate of drug-likeness (QED) is 0.480. The molecule has 0 saturated heterocycles. The van der Waals surface area contributed by atoms with E-state index in [-0.39, 0.29) is 0 Å². The van der Waals surface area contributed by atoms with Crippen LogP contribution in [-0.2, 0) is 0 Å². The highest BCUT2D eigenvalue weighted by molar-refractivity contribution is 7.18. The van der Waals surface area contributed by atoms with Gasteiger partial charge in [0.2, 0.25) is 0 Å². The topological polar surface area (TPSA) is 0 Å². The van der Waals surface area contributed by atoms with Gasteiger partial charge in [-0.2, -0.15) is 0 Å². The van der Waals surface area contributed by atoms with Crippen molar-refractivity contribution in [1.29, 1.82) is 0 Å². The number of aryl methyl sites for hydroxylation is 6. The summed E-state index contributed by atoms with van der Waals surface area (Å²) in [5, 5.41) is 0. The van der Waals surface area contributed by atoms with Crippen molar-refractivity contribution in [2.24, 2.45) is 0 Å². The summed E-state index contributed by atoms with van der Waals surface area (Å²) in [5.41, 5.74) is 10.9. The zero-order chi connectivity index (χ0) is 16.7. The normalized spacial score (nSPS) is 11.0. The third-order valence-electron chi connectivity index (χ3n) is 4.45. The highest BCUT2D eigenvalue weighted by Crippen LogP contribution is 2.40. The summed E-state index contributed by atoms with van der Waals surface area (Å²) in [5.74, 6) is 0. The fourth-order valence-electron chi connectivity index (χ4n) is 3.74. The van der Waals surface area contributed by atoms with Crippen molar-refractivity contribution < 1.29 is 0 Å². The van der Waals surface area contributed by atoms with E-state index in [1.54, 1.807) is 0 Å². The standard InChI is InChI=1S/C22H24S/c1-13-9-15(3)21(16(4)10-13)19-7-8-20(23-19)22-17(5)11-14(2)12-18(22)6/h7-12H,1-6H3. The average Bonchev–Trinajstić information content (AvgIpc) is 2.85. The second kappa shape index (κ2) is 5.98. The van der Waals surface area contributed by atoms with Crippen LogP contribution in [0, 0.1) is 41.5 Å². The first-order chi connectivity index (χ1) is 10.9. The zero-order valence-corrected chi connectivity index (χ0v) is 15.7. The van der Waals surface area contributed by atoms with E-state index in [9.17, 15) is 0 Å². The Morgan fingerprint density at radius 2 is 0.826 bits per heavy atom. The van der Waals surface area contributed by atoms with Gasteiger partial charge in [0.25, 0.3) is 0 Å². The van der Waals surface area contributed by atoms with Crippen LogP contribution in [0.4, 0.5) is 0 Å². The monoisotopic (exact) mass is 320 g/mol. The predicted molar refractivity (Wildman–Crippen MR) is 104 cm³/mol. The molecule has 1 aromatic heterocycles. The molecule has 0 aliphatic heterocycles. The van der Waals surface area contributed by atoms with Crippen LogP contribution in [0.15, 0.2) is 36.4 Å². The lowest BCUT2D eigenvalue weighted by Gasteiger charge is -2.11. The van der Waals surface area contributed by atoms with Gasteiger partial charge in [-0.05, 0) is 87.1 Å². The first-order valence-electron chi connectivity index (χ1n) is 8.13. The fourth-order valence-corrected chi connectivity index (χ4v) is 5.10. The molecule has 0 aliphatic carbocycles. The molecular weight excluding hydrogens is 296 g/mol. The van der Waals surface area contributed by atoms with E-state index in [4.69, 9.17) is 0 Å². The van der Waals surface area contributed by atoms with Gasteiger partial charge in [-0.3, -0.25) is 0 Å². The van der Waals surface area contributed by atoms with E-state index in [2.05, 4.69) is 77.9 Å². The van der Waals surface area contributed by atoms with Gasteiger partial charge in [0.15, 0.2) is 0 Å². The molecule has 23 heavy (non-hydrogen) atoms. The zero-order valence-electron chi connectivity index (χ0n) is 14.9. The Bertz CT molecular complexity index is 763. The van der Waals surface area contributed by atoms with Gasteiger partial charge >= 0.3 is 0 Å². The van der Waals surface area contributed by atoms with Crippen LogP contribution in [0.1, 0.15) is 33.4 Å². The fraction of sp³-hybridized carbons (Fsp3) is 0.273. The molecule has 0 nitrogen and oxygen atoms in total. The largest absolute Gasteiger partial charge is 0.135 e. The highest BCUT2D eigenvalue weighted by Gasteiger charge is 2.13. The Kier molecular flexibility index (Phi) is 4.16. The summed E-state index contributed by atoms with van der Waals surface area (Å²) in [6, 6.07) is 13.7. The predicted octanol–water partition coefficient (Wildman–Crippen LogP) is 6.93. The lowest BCUT2D eigenvalue weighted by Crippen LogP contribution is -1.88. The molecule has 0 aliphatic rings. The van der Waals surface area contributed by atoms with E-state index in [1.165, 1.54) is 54.3 Å². The molecule has 0 unspecified atom stereocenters. The lowest BCUT2D eigenvalue weighted by atomic mass is 9.98. The maximum atomic E-state index is 2.28. The molecule has 3 aromatic rings. The van der Waals surface area contributed by atoms with Gasteiger partial charge < -0.3 is 0 Å². The Labute approximate surface area is 143 Å². The van der Waals surface area contributed by atoms with Crippen LogP contribution in [0.3, 0.4) is 0 Å². The summed E-state index contributed by atoms with van der Waals surface area (Å²) in [6.07, 6.45) is 0. The highest BCUT2D eigenvalue weighted by atomic mass is 32.1. The van der Waals surface area contributed by atoms with Gasteiger partial charge in [-0.1, -0.05) is 35.4 Å². The molecule has 3 rings (SSSR count). The molecule has 0 radical (unpaired) electrons. The number of hydrogen-bond acceptors (Lipinski definition) is 1. The van der Waals surface area contributed by atoms with Gasteiger partial charge in [0.05, 0.1) is 0 Å². The third kappa shape index (κ3) is 2.98. The number of thiophene rings is 1. The summed E-state index contributed by atoms with van der Waals surface area (Å²) in [4.78, 5) is 2.74. The molecule has 0 fully saturated rings. The van der Waals surface area contributed by atoms with E-state index < -0.39 is 0 Å². The van der Waals surface area contributed by atoms with Gasteiger partial charge in [-0.25, -0.2) is 0 Å². The maximum Gasteiger partial charge on any atom is 0.0354 e. The van der Waals surface area contributed by atoms with Crippen LogP contribution >= 0.6 is 11.3 Å². The van der Waals surface area contributed by atoms with E-state index in [0.29, 0.717) is 0 Å². The molecule has 1 heterocycles. The molecule has 0 amide bonds. The van der Waals surface area contributed by atoms with Crippen LogP contribution < -0.4 is 0 Å². The molecule has 118 valence electrons. The summed E-state index contributed by atoms with van der Waals surface area (Å²) in [7, 11) is 0. The first-order valence-corrected chi connectivity index (χ1v) is 8.94. The van der Waals surface area contributed by atoms with Crippen molar-refractivity contribution in [3.8, 4) is 20.9 Å². The smallest absolute Gasteiger partial charge is 0.0354 e. The minimum Gasteiger partial charge on any atom is -0.135 e. The van der Waals surface area contributed by atoms with E-state index >= 15 is 0 Å². The molecular formula is C22H24S. The van der Waals surface area contributed by atoms with Gasteiger partial charge in [0.1, 0.15) is 0 Å². The van der Waals surface area contributed by atoms with Crippen LogP contribution in [-0.4, -0.2) is 0 Å². The minimum absolute atomic E-state index is 1.34. The SMILES string of the molecule is Cc1cc(C)c(-c2ccc(-c3c(C)cc(C)cc3C)s2)c(C)c1. The second-order valence-corrected chi connectivity index (χ2v) is 7.80. The van der Waals surface area contributed by atoms with E-state index in [0.717, 1.165) is 0 Å². The van der Waals surface area contributed by atoms with E-state index in [1.807, 2.05) is 11.3 Å². The molecule has 2 aromatic carbocycles. The first kappa shape index (κ1) is 16.0. The summed E-state index contributed by atoms with van der Waals surface area (Å²) >= 11 is 1.91. The minimum atomic E-state index is 1.34. The van der Waals surface area contributed by atoms with Gasteiger partial charge in [-0.15, -0.1) is 11.3 Å². The maximum absolute atomic E-state index is 2.28. The lowest BCUT2D eigenvalue weighted by molar-refractivity contribution is 1.33. The molecule has 1 heteroatoms. The molecule has 0 bridgehead atoms. The van der Waals surface area contributed by atoms with Crippen LogP contribution in [0.2, 0.25) is 0 Å². The Morgan fingerprint density at radius 3 is 1.13 bits per heavy atom. The summed E-state index contributed by atoms with van der Waals surface area (Å²) in [6.45, 7) is 13.2. The summed E-state index contributed by atoms with van der Waals surface area (Å²) < 4.78 is 0. The number of hydrogen-bond donors (Lipinski definition) is 0. The van der Waals surface area contributed by atoms with Crippen molar-refractivity contribution >= 4 is 11.3 Å². The Hall–Kier alpha value is -1.86. The van der Waals surface area contributed by atoms with Gasteiger partial charge in [0, 0.05) is 9.75 Å². The molecule has 0 N–H and O–H groups in total. The van der Waals surface area contributed by atoms with Crippen molar-refractivity contribution in [3.63, 3.8) is 0 Å².